The number of esters is 1. The minimum atomic E-state index is -0.983. The van der Waals surface area contributed by atoms with E-state index in [4.69, 9.17) is 4.74 Å². The van der Waals surface area contributed by atoms with E-state index in [1.165, 1.54) is 6.92 Å². The molecule has 5 nitrogen and oxygen atoms in total. The van der Waals surface area contributed by atoms with E-state index in [2.05, 4.69) is 62.5 Å². The molecule has 1 saturated heterocycles. The number of amides is 1. The second kappa shape index (κ2) is 10.5. The normalized spacial score (nSPS) is 38.7. The number of nitrogens with one attached hydrogen (secondary N) is 1. The van der Waals surface area contributed by atoms with Crippen LogP contribution in [0.15, 0.2) is 66.3 Å². The van der Waals surface area contributed by atoms with Crippen molar-refractivity contribution in [3.8, 4) is 0 Å². The first kappa shape index (κ1) is 25.4. The molecule has 188 valence electrons. The Morgan fingerprint density at radius 2 is 1.89 bits per heavy atom. The Balaban J connectivity index is 1.90. The maximum atomic E-state index is 14.1. The summed E-state index contributed by atoms with van der Waals surface area (Å²) >= 11 is 0. The third-order valence-corrected chi connectivity index (χ3v) is 8.28. The molecule has 3 aliphatic rings. The van der Waals surface area contributed by atoms with Gasteiger partial charge in [-0.1, -0.05) is 75.4 Å². The van der Waals surface area contributed by atoms with Crippen LogP contribution in [0.5, 0.6) is 0 Å². The Hall–Kier alpha value is -2.66. The molecule has 1 aliphatic heterocycles. The van der Waals surface area contributed by atoms with Crippen molar-refractivity contribution in [3.05, 3.63) is 71.8 Å². The van der Waals surface area contributed by atoms with Crippen molar-refractivity contribution in [2.45, 2.75) is 59.1 Å². The number of rotatable bonds is 4. The van der Waals surface area contributed by atoms with Gasteiger partial charge in [-0.3, -0.25) is 9.59 Å². The number of carbonyl (C=O) groups excluding carboxylic acids is 2. The summed E-state index contributed by atoms with van der Waals surface area (Å²) in [6, 6.07) is 10.0. The highest BCUT2D eigenvalue weighted by Crippen LogP contribution is 2.56. The van der Waals surface area contributed by atoms with Crippen molar-refractivity contribution in [1.29, 1.82) is 0 Å². The minimum absolute atomic E-state index is 0.0498. The fraction of sp³-hybridized carbons (Fsp3) is 0.533. The summed E-state index contributed by atoms with van der Waals surface area (Å²) in [5.74, 6) is -0.165. The van der Waals surface area contributed by atoms with Crippen LogP contribution < -0.4 is 5.32 Å². The lowest BCUT2D eigenvalue weighted by atomic mass is 9.54. The highest BCUT2D eigenvalue weighted by Gasteiger charge is 2.65. The van der Waals surface area contributed by atoms with E-state index in [1.54, 1.807) is 0 Å². The van der Waals surface area contributed by atoms with Crippen LogP contribution in [0.3, 0.4) is 0 Å². The molecular formula is C30H39NO4. The van der Waals surface area contributed by atoms with Crippen molar-refractivity contribution >= 4 is 11.9 Å². The first-order valence-corrected chi connectivity index (χ1v) is 13.0. The largest absolute Gasteiger partial charge is 0.457 e. The van der Waals surface area contributed by atoms with E-state index in [9.17, 15) is 14.7 Å². The number of aliphatic hydroxyl groups is 1. The Labute approximate surface area is 209 Å². The van der Waals surface area contributed by atoms with Crippen molar-refractivity contribution in [1.82, 2.24) is 5.32 Å². The Morgan fingerprint density at radius 3 is 2.57 bits per heavy atom. The van der Waals surface area contributed by atoms with Crippen LogP contribution in [0.4, 0.5) is 0 Å². The summed E-state index contributed by atoms with van der Waals surface area (Å²) in [6.07, 6.45) is 12.4. The van der Waals surface area contributed by atoms with Crippen LogP contribution in [-0.4, -0.2) is 35.7 Å². The number of ether oxygens (including phenoxy) is 1. The number of carbonyl (C=O) groups is 2. The van der Waals surface area contributed by atoms with Crippen LogP contribution >= 0.6 is 0 Å². The van der Waals surface area contributed by atoms with E-state index >= 15 is 0 Å². The van der Waals surface area contributed by atoms with E-state index in [1.807, 2.05) is 24.3 Å². The van der Waals surface area contributed by atoms with E-state index in [0.29, 0.717) is 18.3 Å². The standard InChI is InChI=1S/C30H39NO4/c1-19-9-8-12-25-17-24(18-32)21(3)28-26(16-23-10-6-5-7-11-23)31-29(34)30(25,28)27(35-22(4)33)14-13-20(2)15-19/h5-8,10-14,17,19-21,25-28,32H,9,15-16,18H2,1-4H3,(H,31,34)/b12-8-,14-13-/t19-,20+,21+,25-,26-,27+,28-,30+/m0/s1. The quantitative estimate of drug-likeness (QED) is 0.490. The minimum Gasteiger partial charge on any atom is -0.457 e. The number of hydrogen-bond acceptors (Lipinski definition) is 4. The highest BCUT2D eigenvalue weighted by molar-refractivity contribution is 5.89. The molecule has 1 spiro atoms. The molecule has 35 heavy (non-hydrogen) atoms. The molecule has 0 aromatic heterocycles. The van der Waals surface area contributed by atoms with Crippen LogP contribution in [0.25, 0.3) is 0 Å². The zero-order valence-corrected chi connectivity index (χ0v) is 21.3. The van der Waals surface area contributed by atoms with Crippen LogP contribution in [0.2, 0.25) is 0 Å². The summed E-state index contributed by atoms with van der Waals surface area (Å²) in [6.45, 7) is 7.87. The van der Waals surface area contributed by atoms with Crippen molar-refractivity contribution in [2.24, 2.45) is 35.0 Å². The van der Waals surface area contributed by atoms with Crippen molar-refractivity contribution in [3.63, 3.8) is 0 Å². The number of benzene rings is 1. The number of aliphatic hydroxyl groups excluding tert-OH is 1. The second-order valence-corrected chi connectivity index (χ2v) is 10.8. The number of hydrogen-bond donors (Lipinski definition) is 2. The van der Waals surface area contributed by atoms with Crippen LogP contribution in [0.1, 0.15) is 46.1 Å². The van der Waals surface area contributed by atoms with Crippen LogP contribution in [0, 0.1) is 35.0 Å². The van der Waals surface area contributed by atoms with E-state index in [0.717, 1.165) is 24.0 Å². The molecule has 5 heteroatoms. The fourth-order valence-corrected chi connectivity index (χ4v) is 6.75. The molecule has 0 bridgehead atoms. The van der Waals surface area contributed by atoms with E-state index < -0.39 is 17.5 Å². The average molecular weight is 478 g/mol. The number of allylic oxidation sites excluding steroid dienone is 4. The highest BCUT2D eigenvalue weighted by atomic mass is 16.5. The molecule has 4 rings (SSSR count). The van der Waals surface area contributed by atoms with Gasteiger partial charge in [0.1, 0.15) is 11.5 Å². The third-order valence-electron chi connectivity index (χ3n) is 8.28. The lowest BCUT2D eigenvalue weighted by Crippen LogP contribution is -2.55. The molecule has 1 aromatic carbocycles. The summed E-state index contributed by atoms with van der Waals surface area (Å²) in [5.41, 5.74) is 1.10. The molecular weight excluding hydrogens is 438 g/mol. The summed E-state index contributed by atoms with van der Waals surface area (Å²) < 4.78 is 5.99. The van der Waals surface area contributed by atoms with Gasteiger partial charge in [0, 0.05) is 24.8 Å². The molecule has 1 amide bonds. The lowest BCUT2D eigenvalue weighted by Gasteiger charge is -2.48. The van der Waals surface area contributed by atoms with Gasteiger partial charge in [0.15, 0.2) is 0 Å². The van der Waals surface area contributed by atoms with Gasteiger partial charge in [0.2, 0.25) is 5.91 Å². The second-order valence-electron chi connectivity index (χ2n) is 10.8. The zero-order valence-electron chi connectivity index (χ0n) is 21.3. The van der Waals surface area contributed by atoms with Crippen molar-refractivity contribution in [2.75, 3.05) is 6.61 Å². The Morgan fingerprint density at radius 1 is 1.14 bits per heavy atom. The first-order valence-electron chi connectivity index (χ1n) is 13.0. The van der Waals surface area contributed by atoms with Crippen LogP contribution in [-0.2, 0) is 20.7 Å². The molecule has 8 atom stereocenters. The molecule has 0 saturated carbocycles. The maximum Gasteiger partial charge on any atom is 0.303 e. The summed E-state index contributed by atoms with van der Waals surface area (Å²) in [7, 11) is 0. The van der Waals surface area contributed by atoms with Crippen molar-refractivity contribution < 1.29 is 19.4 Å². The van der Waals surface area contributed by atoms with Gasteiger partial charge in [-0.15, -0.1) is 0 Å². The Bertz CT molecular complexity index is 1010. The van der Waals surface area contributed by atoms with E-state index in [-0.39, 0.29) is 36.3 Å². The molecule has 1 fully saturated rings. The smallest absolute Gasteiger partial charge is 0.303 e. The van der Waals surface area contributed by atoms with Gasteiger partial charge < -0.3 is 15.2 Å². The third kappa shape index (κ3) is 4.88. The van der Waals surface area contributed by atoms with Gasteiger partial charge in [-0.2, -0.15) is 0 Å². The SMILES string of the molecule is CC(=O)O[C@@H]1/C=C\[C@@H](C)C[C@@H](C)C/C=C\[C@H]2C=C(CO)[C@@H](C)[C@H]3[C@H](Cc4ccccc4)NC(=O)[C@]321. The molecule has 1 heterocycles. The predicted octanol–water partition coefficient (Wildman–Crippen LogP) is 4.62. The summed E-state index contributed by atoms with van der Waals surface area (Å²) in [5, 5.41) is 13.6. The van der Waals surface area contributed by atoms with Gasteiger partial charge in [-0.05, 0) is 54.2 Å². The predicted molar refractivity (Wildman–Crippen MR) is 137 cm³/mol. The van der Waals surface area contributed by atoms with Gasteiger partial charge >= 0.3 is 5.97 Å². The Kier molecular flexibility index (Phi) is 7.65. The molecule has 1 aromatic rings. The molecule has 0 unspecified atom stereocenters. The first-order chi connectivity index (χ1) is 16.8. The molecule has 2 aliphatic carbocycles. The fourth-order valence-electron chi connectivity index (χ4n) is 6.75. The average Bonchev–Trinajstić information content (AvgIpc) is 3.10. The van der Waals surface area contributed by atoms with Gasteiger partial charge in [0.25, 0.3) is 0 Å². The summed E-state index contributed by atoms with van der Waals surface area (Å²) in [4.78, 5) is 26.5. The maximum absolute atomic E-state index is 14.1. The molecule has 2 N–H and O–H groups in total. The monoisotopic (exact) mass is 477 g/mol. The molecule has 0 radical (unpaired) electrons. The zero-order chi connectivity index (χ0) is 25.2. The van der Waals surface area contributed by atoms with Gasteiger partial charge in [0.05, 0.1) is 6.61 Å². The topological polar surface area (TPSA) is 75.6 Å². The van der Waals surface area contributed by atoms with Gasteiger partial charge in [-0.25, -0.2) is 0 Å². The lowest BCUT2D eigenvalue weighted by molar-refractivity contribution is -0.159.